The molecule has 2 fully saturated rings. The van der Waals surface area contributed by atoms with Crippen molar-refractivity contribution in [3.63, 3.8) is 0 Å². The van der Waals surface area contributed by atoms with Gasteiger partial charge in [0, 0.05) is 37.4 Å². The lowest BCUT2D eigenvalue weighted by Crippen LogP contribution is -2.42. The number of amides is 2. The molecule has 8 nitrogen and oxygen atoms in total. The van der Waals surface area contributed by atoms with Crippen molar-refractivity contribution in [1.82, 2.24) is 19.6 Å². The van der Waals surface area contributed by atoms with Crippen LogP contribution in [0.2, 0.25) is 0 Å². The van der Waals surface area contributed by atoms with Gasteiger partial charge in [0.2, 0.25) is 11.8 Å². The van der Waals surface area contributed by atoms with Crippen LogP contribution in [0.4, 0.5) is 0 Å². The summed E-state index contributed by atoms with van der Waals surface area (Å²) in [5.41, 5.74) is 2.23. The molecule has 0 unspecified atom stereocenters. The van der Waals surface area contributed by atoms with Crippen LogP contribution >= 0.6 is 0 Å². The third kappa shape index (κ3) is 3.74. The maximum Gasteiger partial charge on any atom is 0.237 e. The molecular weight excluding hydrogens is 368 g/mol. The predicted molar refractivity (Wildman–Crippen MR) is 98.3 cm³/mol. The third-order valence-electron chi connectivity index (χ3n) is 5.97. The number of hydrogen-bond acceptors (Lipinski definition) is 5. The van der Waals surface area contributed by atoms with Gasteiger partial charge < -0.3 is 9.80 Å². The Morgan fingerprint density at radius 1 is 1.19 bits per heavy atom. The van der Waals surface area contributed by atoms with Crippen molar-refractivity contribution in [2.45, 2.75) is 45.3 Å². The van der Waals surface area contributed by atoms with Crippen LogP contribution in [0.5, 0.6) is 0 Å². The summed E-state index contributed by atoms with van der Waals surface area (Å²) in [6.45, 7) is 4.45. The molecule has 4 rings (SSSR count). The van der Waals surface area contributed by atoms with E-state index in [4.69, 9.17) is 0 Å². The van der Waals surface area contributed by atoms with Crippen molar-refractivity contribution < 1.29 is 18.0 Å². The monoisotopic (exact) mass is 394 g/mol. The molecule has 2 amide bonds. The van der Waals surface area contributed by atoms with Crippen LogP contribution in [0.1, 0.15) is 43.5 Å². The lowest BCUT2D eigenvalue weighted by atomic mass is 10.0. The lowest BCUT2D eigenvalue weighted by Gasteiger charge is -2.32. The molecule has 3 heterocycles. The molecule has 0 spiro atoms. The molecule has 1 aromatic rings. The van der Waals surface area contributed by atoms with Crippen molar-refractivity contribution in [1.29, 1.82) is 0 Å². The molecule has 0 radical (unpaired) electrons. The van der Waals surface area contributed by atoms with E-state index in [0.717, 1.165) is 36.8 Å². The van der Waals surface area contributed by atoms with Gasteiger partial charge in [-0.15, -0.1) is 0 Å². The molecule has 0 bridgehead atoms. The summed E-state index contributed by atoms with van der Waals surface area (Å²) in [6, 6.07) is 0.186. The Hall–Kier alpha value is -1.90. The first kappa shape index (κ1) is 18.5. The Morgan fingerprint density at radius 2 is 1.85 bits per heavy atom. The zero-order valence-electron chi connectivity index (χ0n) is 15.8. The number of rotatable bonds is 4. The van der Waals surface area contributed by atoms with Crippen LogP contribution < -0.4 is 0 Å². The molecule has 27 heavy (non-hydrogen) atoms. The van der Waals surface area contributed by atoms with Crippen LogP contribution in [0, 0.1) is 11.8 Å². The standard InChI is InChI=1S/C18H26N4O4S/c1-12-7-15(12)18(24)21-9-13-8-19-22(16(13)10-21)14-3-5-20(6-4-14)17(23)11-27(2,25)26/h8,12,14-15H,3-7,9-11H2,1-2H3/t12-,15-/m0/s1. The minimum atomic E-state index is -3.30. The van der Waals surface area contributed by atoms with Gasteiger partial charge in [-0.3, -0.25) is 14.3 Å². The zero-order chi connectivity index (χ0) is 19.3. The van der Waals surface area contributed by atoms with Crippen LogP contribution in [-0.4, -0.2) is 64.9 Å². The predicted octanol–water partition coefficient (Wildman–Crippen LogP) is 0.589. The number of nitrogens with zero attached hydrogens (tertiary/aromatic N) is 4. The van der Waals surface area contributed by atoms with Gasteiger partial charge in [0.15, 0.2) is 9.84 Å². The highest BCUT2D eigenvalue weighted by Crippen LogP contribution is 2.41. The van der Waals surface area contributed by atoms with Gasteiger partial charge in [-0.2, -0.15) is 5.10 Å². The first-order chi connectivity index (χ1) is 12.7. The number of aromatic nitrogens is 2. The van der Waals surface area contributed by atoms with Gasteiger partial charge in [0.05, 0.1) is 24.5 Å². The Morgan fingerprint density at radius 3 is 2.44 bits per heavy atom. The number of carbonyl (C=O) groups excluding carboxylic acids is 2. The Kier molecular flexibility index (Phi) is 4.52. The number of hydrogen-bond donors (Lipinski definition) is 0. The SMILES string of the molecule is C[C@H]1C[C@@H]1C(=O)N1Cc2cnn(C3CCN(C(=O)CS(C)(=O)=O)CC3)c2C1. The molecular formula is C18H26N4O4S. The van der Waals surface area contributed by atoms with Crippen molar-refractivity contribution >= 4 is 21.7 Å². The van der Waals surface area contributed by atoms with Crippen LogP contribution in [0.3, 0.4) is 0 Å². The molecule has 148 valence electrons. The van der Waals surface area contributed by atoms with Crippen molar-refractivity contribution in [3.05, 3.63) is 17.5 Å². The fraction of sp³-hybridized carbons (Fsp3) is 0.722. The molecule has 2 aliphatic heterocycles. The van der Waals surface area contributed by atoms with Gasteiger partial charge in [-0.25, -0.2) is 8.42 Å². The number of sulfone groups is 1. The molecule has 2 atom stereocenters. The van der Waals surface area contributed by atoms with E-state index < -0.39 is 15.6 Å². The first-order valence-electron chi connectivity index (χ1n) is 9.52. The Bertz CT molecular complexity index is 870. The molecule has 1 saturated heterocycles. The first-order valence-corrected chi connectivity index (χ1v) is 11.6. The van der Waals surface area contributed by atoms with Crippen molar-refractivity contribution in [3.8, 4) is 0 Å². The number of carbonyl (C=O) groups is 2. The van der Waals surface area contributed by atoms with Gasteiger partial charge >= 0.3 is 0 Å². The van der Waals surface area contributed by atoms with Crippen molar-refractivity contribution in [2.24, 2.45) is 11.8 Å². The fourth-order valence-electron chi connectivity index (χ4n) is 4.22. The summed E-state index contributed by atoms with van der Waals surface area (Å²) < 4.78 is 24.7. The second kappa shape index (κ2) is 6.61. The highest BCUT2D eigenvalue weighted by atomic mass is 32.2. The minimum absolute atomic E-state index is 0.186. The molecule has 0 N–H and O–H groups in total. The molecule has 1 aliphatic carbocycles. The molecule has 9 heteroatoms. The smallest absolute Gasteiger partial charge is 0.237 e. The van der Waals surface area contributed by atoms with E-state index in [1.807, 2.05) is 15.8 Å². The quantitative estimate of drug-likeness (QED) is 0.745. The van der Waals surface area contributed by atoms with Gasteiger partial charge in [0.25, 0.3) is 0 Å². The van der Waals surface area contributed by atoms with Crippen LogP contribution in [0.15, 0.2) is 6.20 Å². The second-order valence-corrected chi connectivity index (χ2v) is 10.4. The van der Waals surface area contributed by atoms with E-state index in [-0.39, 0.29) is 23.8 Å². The topological polar surface area (TPSA) is 92.6 Å². The highest BCUT2D eigenvalue weighted by molar-refractivity contribution is 7.91. The van der Waals surface area contributed by atoms with Gasteiger partial charge in [-0.05, 0) is 25.2 Å². The minimum Gasteiger partial charge on any atom is -0.342 e. The van der Waals surface area contributed by atoms with Crippen molar-refractivity contribution in [2.75, 3.05) is 25.1 Å². The normalized spacial score (nSPS) is 25.6. The summed E-state index contributed by atoms with van der Waals surface area (Å²) >= 11 is 0. The maximum absolute atomic E-state index is 12.5. The second-order valence-electron chi connectivity index (χ2n) is 8.26. The lowest BCUT2D eigenvalue weighted by molar-refractivity contribution is -0.133. The zero-order valence-corrected chi connectivity index (χ0v) is 16.6. The molecule has 0 aromatic carbocycles. The van der Waals surface area contributed by atoms with Gasteiger partial charge in [0.1, 0.15) is 5.75 Å². The Balaban J connectivity index is 1.37. The van der Waals surface area contributed by atoms with E-state index in [9.17, 15) is 18.0 Å². The van der Waals surface area contributed by atoms with Crippen LogP contribution in [-0.2, 0) is 32.5 Å². The number of piperidine rings is 1. The average Bonchev–Trinajstić information content (AvgIpc) is 3.01. The summed E-state index contributed by atoms with van der Waals surface area (Å²) in [5, 5.41) is 4.54. The highest BCUT2D eigenvalue weighted by Gasteiger charge is 2.43. The van der Waals surface area contributed by atoms with E-state index in [1.165, 1.54) is 0 Å². The maximum atomic E-state index is 12.5. The number of likely N-dealkylation sites (tertiary alicyclic amines) is 1. The Labute approximate surface area is 159 Å². The average molecular weight is 394 g/mol. The summed E-state index contributed by atoms with van der Waals surface area (Å²) in [7, 11) is -3.30. The summed E-state index contributed by atoms with van der Waals surface area (Å²) in [5.74, 6) is 0.209. The third-order valence-corrected chi connectivity index (χ3v) is 6.75. The van der Waals surface area contributed by atoms with E-state index in [0.29, 0.717) is 32.1 Å². The molecule has 1 saturated carbocycles. The van der Waals surface area contributed by atoms with E-state index in [1.54, 1.807) is 4.90 Å². The van der Waals surface area contributed by atoms with E-state index >= 15 is 0 Å². The molecule has 3 aliphatic rings. The molecule has 1 aromatic heterocycles. The summed E-state index contributed by atoms with van der Waals surface area (Å²) in [4.78, 5) is 28.2. The fourth-order valence-corrected chi connectivity index (χ4v) is 4.85. The van der Waals surface area contributed by atoms with Gasteiger partial charge in [-0.1, -0.05) is 6.92 Å². The summed E-state index contributed by atoms with van der Waals surface area (Å²) in [6.07, 6.45) is 5.44. The van der Waals surface area contributed by atoms with E-state index in [2.05, 4.69) is 12.0 Å². The van der Waals surface area contributed by atoms with Crippen LogP contribution in [0.25, 0.3) is 0 Å². The number of fused-ring (bicyclic) bond motifs is 1. The largest absolute Gasteiger partial charge is 0.342 e.